The van der Waals surface area contributed by atoms with Gasteiger partial charge in [-0.3, -0.25) is 19.8 Å². The van der Waals surface area contributed by atoms with Gasteiger partial charge in [-0.05, 0) is 13.1 Å². The lowest BCUT2D eigenvalue weighted by Crippen LogP contribution is -2.29. The summed E-state index contributed by atoms with van der Waals surface area (Å²) >= 11 is 0. The maximum atomic E-state index is 11.9. The van der Waals surface area contributed by atoms with Gasteiger partial charge in [0.05, 0.1) is 11.5 Å². The average molecular weight is 236 g/mol. The van der Waals surface area contributed by atoms with E-state index in [9.17, 15) is 14.9 Å². The van der Waals surface area contributed by atoms with Crippen LogP contribution >= 0.6 is 0 Å². The Labute approximate surface area is 100 Å². The summed E-state index contributed by atoms with van der Waals surface area (Å²) in [6.07, 6.45) is 0. The average Bonchev–Trinajstić information content (AvgIpc) is 2.35. The van der Waals surface area contributed by atoms with Crippen molar-refractivity contribution in [2.24, 2.45) is 0 Å². The third kappa shape index (κ3) is 3.64. The van der Waals surface area contributed by atoms with Gasteiger partial charge >= 0.3 is 0 Å². The van der Waals surface area contributed by atoms with Crippen molar-refractivity contribution in [3.8, 4) is 0 Å². The van der Waals surface area contributed by atoms with E-state index in [0.717, 1.165) is 13.1 Å². The monoisotopic (exact) mass is 236 g/mol. The summed E-state index contributed by atoms with van der Waals surface area (Å²) in [7, 11) is 0. The first-order valence-corrected chi connectivity index (χ1v) is 5.58. The molecule has 0 aliphatic rings. The SMILES string of the molecule is CCN(CC)CC(=O)c1cccc([N+](=O)[O-])c1. The van der Waals surface area contributed by atoms with E-state index in [4.69, 9.17) is 0 Å². The van der Waals surface area contributed by atoms with Gasteiger partial charge in [0.1, 0.15) is 0 Å². The number of carbonyl (C=O) groups excluding carboxylic acids is 1. The molecule has 0 unspecified atom stereocenters. The van der Waals surface area contributed by atoms with Crippen molar-refractivity contribution in [1.29, 1.82) is 0 Å². The van der Waals surface area contributed by atoms with Crippen LogP contribution in [0.25, 0.3) is 0 Å². The van der Waals surface area contributed by atoms with E-state index < -0.39 is 4.92 Å². The number of rotatable bonds is 6. The second kappa shape index (κ2) is 6.10. The van der Waals surface area contributed by atoms with Crippen molar-refractivity contribution in [1.82, 2.24) is 4.90 Å². The summed E-state index contributed by atoms with van der Waals surface area (Å²) in [6.45, 7) is 5.83. The van der Waals surface area contributed by atoms with Crippen LogP contribution < -0.4 is 0 Å². The van der Waals surface area contributed by atoms with Gasteiger partial charge in [-0.25, -0.2) is 0 Å². The van der Waals surface area contributed by atoms with Crippen molar-refractivity contribution in [2.75, 3.05) is 19.6 Å². The first kappa shape index (κ1) is 13.3. The summed E-state index contributed by atoms with van der Waals surface area (Å²) in [4.78, 5) is 24.0. The normalized spacial score (nSPS) is 10.5. The molecule has 17 heavy (non-hydrogen) atoms. The second-order valence-electron chi connectivity index (χ2n) is 3.69. The molecule has 0 atom stereocenters. The molecule has 5 nitrogen and oxygen atoms in total. The molecule has 5 heteroatoms. The summed E-state index contributed by atoms with van der Waals surface area (Å²) in [6, 6.07) is 5.85. The smallest absolute Gasteiger partial charge is 0.270 e. The van der Waals surface area contributed by atoms with Crippen LogP contribution in [0, 0.1) is 10.1 Å². The highest BCUT2D eigenvalue weighted by atomic mass is 16.6. The molecule has 0 N–H and O–H groups in total. The number of hydrogen-bond acceptors (Lipinski definition) is 4. The van der Waals surface area contributed by atoms with Gasteiger partial charge in [0.15, 0.2) is 5.78 Å². The molecular weight excluding hydrogens is 220 g/mol. The van der Waals surface area contributed by atoms with Gasteiger partial charge in [-0.2, -0.15) is 0 Å². The van der Waals surface area contributed by atoms with Gasteiger partial charge in [0.2, 0.25) is 0 Å². The topological polar surface area (TPSA) is 63.5 Å². The number of likely N-dealkylation sites (N-methyl/N-ethyl adjacent to an activating group) is 1. The lowest BCUT2D eigenvalue weighted by Gasteiger charge is -2.16. The van der Waals surface area contributed by atoms with E-state index in [1.165, 1.54) is 18.2 Å². The Bertz CT molecular complexity index is 414. The molecule has 0 bridgehead atoms. The molecule has 1 rings (SSSR count). The zero-order valence-corrected chi connectivity index (χ0v) is 10.0. The van der Waals surface area contributed by atoms with Crippen LogP contribution in [0.2, 0.25) is 0 Å². The molecule has 0 heterocycles. The fraction of sp³-hybridized carbons (Fsp3) is 0.417. The molecule has 1 aromatic carbocycles. The van der Waals surface area contributed by atoms with Crippen molar-refractivity contribution >= 4 is 11.5 Å². The summed E-state index contributed by atoms with van der Waals surface area (Å²) in [5.41, 5.74) is 0.349. The Morgan fingerprint density at radius 1 is 1.35 bits per heavy atom. The van der Waals surface area contributed by atoms with E-state index >= 15 is 0 Å². The molecule has 0 aliphatic heterocycles. The predicted octanol–water partition coefficient (Wildman–Crippen LogP) is 2.12. The lowest BCUT2D eigenvalue weighted by molar-refractivity contribution is -0.384. The van der Waals surface area contributed by atoms with E-state index in [-0.39, 0.29) is 11.5 Å². The largest absolute Gasteiger partial charge is 0.296 e. The number of non-ortho nitro benzene ring substituents is 1. The minimum Gasteiger partial charge on any atom is -0.296 e. The third-order valence-corrected chi connectivity index (χ3v) is 2.64. The number of nitro groups is 1. The van der Waals surface area contributed by atoms with Crippen LogP contribution in [0.4, 0.5) is 5.69 Å². The van der Waals surface area contributed by atoms with E-state index in [1.807, 2.05) is 18.7 Å². The number of Topliss-reactive ketones (excluding diaryl/α,β-unsaturated/α-hetero) is 1. The van der Waals surface area contributed by atoms with Crippen molar-refractivity contribution < 1.29 is 9.72 Å². The minimum atomic E-state index is -0.492. The van der Waals surface area contributed by atoms with Gasteiger partial charge in [0, 0.05) is 17.7 Å². The van der Waals surface area contributed by atoms with Gasteiger partial charge < -0.3 is 0 Å². The Kier molecular flexibility index (Phi) is 4.78. The highest BCUT2D eigenvalue weighted by molar-refractivity contribution is 5.98. The van der Waals surface area contributed by atoms with Crippen LogP contribution in [0.15, 0.2) is 24.3 Å². The van der Waals surface area contributed by atoms with E-state index in [0.29, 0.717) is 12.1 Å². The standard InChI is InChI=1S/C12H16N2O3/c1-3-13(4-2)9-12(15)10-6-5-7-11(8-10)14(16)17/h5-8H,3-4,9H2,1-2H3. The zero-order valence-electron chi connectivity index (χ0n) is 10.0. The molecule has 1 aromatic rings. The lowest BCUT2D eigenvalue weighted by atomic mass is 10.1. The van der Waals surface area contributed by atoms with E-state index in [2.05, 4.69) is 0 Å². The van der Waals surface area contributed by atoms with Crippen LogP contribution in [0.5, 0.6) is 0 Å². The van der Waals surface area contributed by atoms with Crippen LogP contribution in [0.3, 0.4) is 0 Å². The van der Waals surface area contributed by atoms with Gasteiger partial charge in [-0.15, -0.1) is 0 Å². The number of nitrogens with zero attached hydrogens (tertiary/aromatic N) is 2. The molecule has 0 saturated carbocycles. The highest BCUT2D eigenvalue weighted by Crippen LogP contribution is 2.13. The number of benzene rings is 1. The van der Waals surface area contributed by atoms with Gasteiger partial charge in [0.25, 0.3) is 5.69 Å². The Morgan fingerprint density at radius 3 is 2.53 bits per heavy atom. The molecule has 0 fully saturated rings. The molecule has 0 aliphatic carbocycles. The number of ketones is 1. The maximum absolute atomic E-state index is 11.9. The van der Waals surface area contributed by atoms with Crippen molar-refractivity contribution in [2.45, 2.75) is 13.8 Å². The van der Waals surface area contributed by atoms with Gasteiger partial charge in [-0.1, -0.05) is 26.0 Å². The fourth-order valence-corrected chi connectivity index (χ4v) is 1.53. The van der Waals surface area contributed by atoms with E-state index in [1.54, 1.807) is 6.07 Å². The summed E-state index contributed by atoms with van der Waals surface area (Å²) in [5, 5.41) is 10.6. The summed E-state index contributed by atoms with van der Waals surface area (Å²) < 4.78 is 0. The van der Waals surface area contributed by atoms with Crippen molar-refractivity contribution in [3.63, 3.8) is 0 Å². The first-order chi connectivity index (χ1) is 8.08. The first-order valence-electron chi connectivity index (χ1n) is 5.58. The fourth-order valence-electron chi connectivity index (χ4n) is 1.53. The summed E-state index contributed by atoms with van der Waals surface area (Å²) in [5.74, 6) is -0.0857. The Morgan fingerprint density at radius 2 is 2.00 bits per heavy atom. The van der Waals surface area contributed by atoms with Crippen LogP contribution in [-0.4, -0.2) is 35.2 Å². The van der Waals surface area contributed by atoms with Crippen molar-refractivity contribution in [3.05, 3.63) is 39.9 Å². The Hall–Kier alpha value is -1.75. The molecule has 0 amide bonds. The number of carbonyl (C=O) groups is 1. The molecule has 0 radical (unpaired) electrons. The molecule has 0 spiro atoms. The quantitative estimate of drug-likeness (QED) is 0.431. The molecule has 0 aromatic heterocycles. The van der Waals surface area contributed by atoms with Crippen LogP contribution in [0.1, 0.15) is 24.2 Å². The zero-order chi connectivity index (χ0) is 12.8. The molecule has 0 saturated heterocycles. The second-order valence-corrected chi connectivity index (χ2v) is 3.69. The molecular formula is C12H16N2O3. The minimum absolute atomic E-state index is 0.0459. The Balaban J connectivity index is 2.82. The number of hydrogen-bond donors (Lipinski definition) is 0. The highest BCUT2D eigenvalue weighted by Gasteiger charge is 2.13. The number of nitro benzene ring substituents is 1. The maximum Gasteiger partial charge on any atom is 0.270 e. The predicted molar refractivity (Wildman–Crippen MR) is 65.2 cm³/mol. The third-order valence-electron chi connectivity index (χ3n) is 2.64. The van der Waals surface area contributed by atoms with Crippen LogP contribution in [-0.2, 0) is 0 Å². The molecule has 92 valence electrons.